The largest absolute Gasteiger partial charge is 0.371 e. The van der Waals surface area contributed by atoms with Gasteiger partial charge in [0, 0.05) is 19.3 Å². The number of rotatable bonds is 3. The van der Waals surface area contributed by atoms with E-state index in [4.69, 9.17) is 4.74 Å². The standard InChI is InChI=1S/C17H17FN4O2/c18-14-6-4-13(5-7-14)15-11-20(9-10-24-15)12-22-17(23)21-8-2-1-3-16(21)19-22/h1-8,15H,9-12H2. The molecule has 7 heteroatoms. The number of fused-ring (bicyclic) bond motifs is 1. The normalized spacial score (nSPS) is 19.0. The Morgan fingerprint density at radius 2 is 2.04 bits per heavy atom. The number of benzene rings is 1. The Kier molecular flexibility index (Phi) is 3.87. The van der Waals surface area contributed by atoms with Crippen LogP contribution in [-0.2, 0) is 11.4 Å². The quantitative estimate of drug-likeness (QED) is 0.734. The topological polar surface area (TPSA) is 51.8 Å². The van der Waals surface area contributed by atoms with Gasteiger partial charge in [-0.25, -0.2) is 9.18 Å². The highest BCUT2D eigenvalue weighted by atomic mass is 19.1. The number of ether oxygens (including phenoxy) is 1. The van der Waals surface area contributed by atoms with Gasteiger partial charge in [-0.3, -0.25) is 9.30 Å². The molecule has 1 fully saturated rings. The van der Waals surface area contributed by atoms with Crippen molar-refractivity contribution < 1.29 is 9.13 Å². The predicted octanol–water partition coefficient (Wildman–Crippen LogP) is 1.67. The average Bonchev–Trinajstić information content (AvgIpc) is 2.92. The zero-order chi connectivity index (χ0) is 16.5. The predicted molar refractivity (Wildman–Crippen MR) is 86.1 cm³/mol. The molecule has 1 atom stereocenters. The summed E-state index contributed by atoms with van der Waals surface area (Å²) in [5, 5.41) is 4.35. The molecule has 1 saturated heterocycles. The van der Waals surface area contributed by atoms with E-state index in [2.05, 4.69) is 10.00 Å². The van der Waals surface area contributed by atoms with Gasteiger partial charge >= 0.3 is 5.69 Å². The van der Waals surface area contributed by atoms with E-state index in [1.54, 1.807) is 30.5 Å². The zero-order valence-electron chi connectivity index (χ0n) is 13.0. The summed E-state index contributed by atoms with van der Waals surface area (Å²) in [6.07, 6.45) is 1.58. The van der Waals surface area contributed by atoms with Crippen molar-refractivity contribution in [3.63, 3.8) is 0 Å². The summed E-state index contributed by atoms with van der Waals surface area (Å²) >= 11 is 0. The van der Waals surface area contributed by atoms with E-state index in [9.17, 15) is 9.18 Å². The van der Waals surface area contributed by atoms with Gasteiger partial charge < -0.3 is 4.74 Å². The molecular weight excluding hydrogens is 311 g/mol. The molecular formula is C17H17FN4O2. The van der Waals surface area contributed by atoms with E-state index in [0.717, 1.165) is 12.1 Å². The van der Waals surface area contributed by atoms with E-state index < -0.39 is 0 Å². The first-order valence-corrected chi connectivity index (χ1v) is 7.84. The fraction of sp³-hybridized carbons (Fsp3) is 0.294. The molecule has 4 rings (SSSR count). The third-order valence-electron chi connectivity index (χ3n) is 4.21. The molecule has 6 nitrogen and oxygen atoms in total. The van der Waals surface area contributed by atoms with E-state index in [-0.39, 0.29) is 17.6 Å². The highest BCUT2D eigenvalue weighted by Crippen LogP contribution is 2.22. The molecule has 0 N–H and O–H groups in total. The highest BCUT2D eigenvalue weighted by Gasteiger charge is 2.23. The lowest BCUT2D eigenvalue weighted by atomic mass is 10.1. The molecule has 1 aromatic carbocycles. The van der Waals surface area contributed by atoms with Crippen LogP contribution in [0.2, 0.25) is 0 Å². The molecule has 3 heterocycles. The maximum atomic E-state index is 13.1. The van der Waals surface area contributed by atoms with Gasteiger partial charge in [0.25, 0.3) is 0 Å². The van der Waals surface area contributed by atoms with Crippen LogP contribution in [0, 0.1) is 5.82 Å². The minimum atomic E-state index is -0.261. The Morgan fingerprint density at radius 1 is 1.21 bits per heavy atom. The van der Waals surface area contributed by atoms with Gasteiger partial charge in [-0.1, -0.05) is 18.2 Å². The van der Waals surface area contributed by atoms with Crippen molar-refractivity contribution in [3.8, 4) is 0 Å². The van der Waals surface area contributed by atoms with Crippen LogP contribution in [0.25, 0.3) is 5.65 Å². The Bertz CT molecular complexity index is 903. The first-order chi connectivity index (χ1) is 11.7. The monoisotopic (exact) mass is 328 g/mol. The average molecular weight is 328 g/mol. The first kappa shape index (κ1) is 15.0. The number of morpholine rings is 1. The molecule has 0 bridgehead atoms. The SMILES string of the molecule is O=c1n(CN2CCOC(c3ccc(F)cc3)C2)nc2ccccn12. The lowest BCUT2D eigenvalue weighted by molar-refractivity contribution is -0.0420. The van der Waals surface area contributed by atoms with Crippen molar-refractivity contribution in [1.82, 2.24) is 19.1 Å². The van der Waals surface area contributed by atoms with Crippen molar-refractivity contribution in [2.24, 2.45) is 0 Å². The van der Waals surface area contributed by atoms with Gasteiger partial charge in [0.2, 0.25) is 0 Å². The number of nitrogens with zero attached hydrogens (tertiary/aromatic N) is 4. The van der Waals surface area contributed by atoms with E-state index in [1.165, 1.54) is 21.2 Å². The van der Waals surface area contributed by atoms with E-state index >= 15 is 0 Å². The Hall–Kier alpha value is -2.51. The summed E-state index contributed by atoms with van der Waals surface area (Å²) in [4.78, 5) is 14.5. The number of pyridine rings is 1. The van der Waals surface area contributed by atoms with Gasteiger partial charge in [-0.2, -0.15) is 4.68 Å². The molecule has 3 aromatic rings. The van der Waals surface area contributed by atoms with Crippen LogP contribution in [0.5, 0.6) is 0 Å². The molecule has 2 aromatic heterocycles. The van der Waals surface area contributed by atoms with Crippen molar-refractivity contribution in [2.45, 2.75) is 12.8 Å². The number of aromatic nitrogens is 3. The van der Waals surface area contributed by atoms with Crippen LogP contribution < -0.4 is 5.69 Å². The van der Waals surface area contributed by atoms with Crippen LogP contribution >= 0.6 is 0 Å². The Labute approximate surface area is 137 Å². The lowest BCUT2D eigenvalue weighted by Crippen LogP contribution is -2.41. The molecule has 24 heavy (non-hydrogen) atoms. The zero-order valence-corrected chi connectivity index (χ0v) is 13.0. The van der Waals surface area contributed by atoms with Crippen LogP contribution in [0.4, 0.5) is 4.39 Å². The summed E-state index contributed by atoms with van der Waals surface area (Å²) in [6, 6.07) is 11.8. The molecule has 1 aliphatic heterocycles. The van der Waals surface area contributed by atoms with Crippen LogP contribution in [0.15, 0.2) is 53.5 Å². The summed E-state index contributed by atoms with van der Waals surface area (Å²) in [5.41, 5.74) is 1.41. The second-order valence-electron chi connectivity index (χ2n) is 5.84. The maximum absolute atomic E-state index is 13.1. The molecule has 1 aliphatic rings. The van der Waals surface area contributed by atoms with Crippen molar-refractivity contribution in [1.29, 1.82) is 0 Å². The van der Waals surface area contributed by atoms with Gasteiger partial charge in [0.05, 0.1) is 19.4 Å². The third kappa shape index (κ3) is 2.83. The molecule has 1 unspecified atom stereocenters. The molecule has 0 spiro atoms. The number of hydrogen-bond donors (Lipinski definition) is 0. The fourth-order valence-corrected chi connectivity index (χ4v) is 2.96. The molecule has 0 amide bonds. The number of halogens is 1. The van der Waals surface area contributed by atoms with E-state index in [1.807, 2.05) is 6.07 Å². The molecule has 0 saturated carbocycles. The summed E-state index contributed by atoms with van der Waals surface area (Å²) in [7, 11) is 0. The summed E-state index contributed by atoms with van der Waals surface area (Å²) in [5.74, 6) is -0.261. The van der Waals surface area contributed by atoms with Crippen molar-refractivity contribution >= 4 is 5.65 Å². The van der Waals surface area contributed by atoms with Gasteiger partial charge in [-0.15, -0.1) is 5.10 Å². The van der Waals surface area contributed by atoms with Crippen LogP contribution in [-0.4, -0.2) is 38.8 Å². The molecule has 0 radical (unpaired) electrons. The second kappa shape index (κ2) is 6.18. The molecule has 0 aliphatic carbocycles. The smallest absolute Gasteiger partial charge is 0.351 e. The minimum absolute atomic E-state index is 0.132. The summed E-state index contributed by atoms with van der Waals surface area (Å²) < 4.78 is 21.8. The minimum Gasteiger partial charge on any atom is -0.371 e. The fourth-order valence-electron chi connectivity index (χ4n) is 2.96. The second-order valence-corrected chi connectivity index (χ2v) is 5.84. The van der Waals surface area contributed by atoms with Crippen molar-refractivity contribution in [3.05, 3.63) is 70.5 Å². The number of hydrogen-bond acceptors (Lipinski definition) is 4. The van der Waals surface area contributed by atoms with Crippen LogP contribution in [0.1, 0.15) is 11.7 Å². The van der Waals surface area contributed by atoms with Gasteiger partial charge in [0.15, 0.2) is 5.65 Å². The highest BCUT2D eigenvalue weighted by molar-refractivity contribution is 5.35. The van der Waals surface area contributed by atoms with E-state index in [0.29, 0.717) is 25.5 Å². The summed E-state index contributed by atoms with van der Waals surface area (Å²) in [6.45, 7) is 2.32. The van der Waals surface area contributed by atoms with Gasteiger partial charge in [-0.05, 0) is 29.8 Å². The third-order valence-corrected chi connectivity index (χ3v) is 4.21. The van der Waals surface area contributed by atoms with Crippen molar-refractivity contribution in [2.75, 3.05) is 19.7 Å². The van der Waals surface area contributed by atoms with Crippen LogP contribution in [0.3, 0.4) is 0 Å². The maximum Gasteiger partial charge on any atom is 0.351 e. The molecule has 124 valence electrons. The Morgan fingerprint density at radius 3 is 2.83 bits per heavy atom. The first-order valence-electron chi connectivity index (χ1n) is 7.84. The Balaban J connectivity index is 1.52. The lowest BCUT2D eigenvalue weighted by Gasteiger charge is -2.32. The van der Waals surface area contributed by atoms with Gasteiger partial charge in [0.1, 0.15) is 5.82 Å².